The van der Waals surface area contributed by atoms with E-state index in [1.54, 1.807) is 0 Å². The van der Waals surface area contributed by atoms with Gasteiger partial charge in [-0.1, -0.05) is 319 Å². The summed E-state index contributed by atoms with van der Waals surface area (Å²) in [5, 5.41) is 10.6. The highest BCUT2D eigenvalue weighted by atomic mass is 31.2. The number of rotatable bonds is 71. The quantitative estimate of drug-likeness (QED) is 0.0222. The molecule has 0 aromatic carbocycles. The smallest absolute Gasteiger partial charge is 0.462 e. The Hall–Kier alpha value is -1.94. The molecule has 5 atom stereocenters. The molecule has 0 radical (unpaired) electrons. The third-order valence-corrected chi connectivity index (χ3v) is 19.0. The van der Waals surface area contributed by atoms with E-state index >= 15 is 0 Å². The van der Waals surface area contributed by atoms with Gasteiger partial charge in [0, 0.05) is 25.7 Å². The van der Waals surface area contributed by atoms with Crippen molar-refractivity contribution in [1.29, 1.82) is 0 Å². The van der Waals surface area contributed by atoms with E-state index in [0.29, 0.717) is 31.6 Å². The van der Waals surface area contributed by atoms with Gasteiger partial charge >= 0.3 is 39.5 Å². The number of unbranched alkanes of at least 4 members (excludes halogenated alkanes) is 37. The van der Waals surface area contributed by atoms with Crippen molar-refractivity contribution in [3.05, 3.63) is 0 Å². The summed E-state index contributed by atoms with van der Waals surface area (Å²) >= 11 is 0. The van der Waals surface area contributed by atoms with E-state index < -0.39 is 97.5 Å². The van der Waals surface area contributed by atoms with E-state index in [-0.39, 0.29) is 25.7 Å². The highest BCUT2D eigenvalue weighted by Gasteiger charge is 2.30. The number of hydrogen-bond donors (Lipinski definition) is 3. The molecule has 93 heavy (non-hydrogen) atoms. The number of ether oxygens (including phenoxy) is 4. The van der Waals surface area contributed by atoms with Crippen LogP contribution in [0.4, 0.5) is 0 Å². The van der Waals surface area contributed by atoms with Crippen LogP contribution in [0, 0.1) is 23.7 Å². The number of aliphatic hydroxyl groups excluding tert-OH is 1. The van der Waals surface area contributed by atoms with Gasteiger partial charge in [-0.15, -0.1) is 0 Å². The molecule has 0 rings (SSSR count). The number of hydrogen-bond acceptors (Lipinski definition) is 15. The SMILES string of the molecule is CC(C)CCCCCCCCCCCCCCCCC(=O)O[C@H](COC(=O)CCCCCCCCCC(C)C)COP(=O)(O)OCC(O)COP(=O)(O)OC[C@@H](COC(=O)CCCCCCCCCCCCCC(C)C)OC(=O)CCCCCCCCCCCC(C)C. The van der Waals surface area contributed by atoms with Gasteiger partial charge in [-0.3, -0.25) is 37.3 Å². The lowest BCUT2D eigenvalue weighted by Gasteiger charge is -2.21. The average Bonchev–Trinajstić information content (AvgIpc) is 1.98. The molecule has 0 saturated carbocycles. The van der Waals surface area contributed by atoms with Gasteiger partial charge in [-0.05, 0) is 49.4 Å². The molecule has 3 unspecified atom stereocenters. The Kier molecular flexibility index (Phi) is 62.2. The van der Waals surface area contributed by atoms with Gasteiger partial charge in [0.1, 0.15) is 19.3 Å². The molecule has 19 heteroatoms. The second-order valence-electron chi connectivity index (χ2n) is 28.6. The number of phosphoric ester groups is 2. The predicted octanol–water partition coefficient (Wildman–Crippen LogP) is 21.3. The van der Waals surface area contributed by atoms with Crippen molar-refractivity contribution in [1.82, 2.24) is 0 Å². The number of esters is 4. The summed E-state index contributed by atoms with van der Waals surface area (Å²) < 4.78 is 68.4. The first-order chi connectivity index (χ1) is 44.6. The largest absolute Gasteiger partial charge is 0.472 e. The van der Waals surface area contributed by atoms with E-state index in [1.807, 2.05) is 0 Å². The molecule has 0 aliphatic rings. The first-order valence-electron chi connectivity index (χ1n) is 38.2. The Morgan fingerprint density at radius 3 is 0.667 bits per heavy atom. The zero-order chi connectivity index (χ0) is 68.9. The number of aliphatic hydroxyl groups is 1. The zero-order valence-electron chi connectivity index (χ0n) is 60.9. The summed E-state index contributed by atoms with van der Waals surface area (Å²) in [5.41, 5.74) is 0. The Labute approximate surface area is 568 Å². The van der Waals surface area contributed by atoms with Crippen LogP contribution in [0.5, 0.6) is 0 Å². The molecule has 3 N–H and O–H groups in total. The lowest BCUT2D eigenvalue weighted by molar-refractivity contribution is -0.161. The topological polar surface area (TPSA) is 237 Å². The van der Waals surface area contributed by atoms with Crippen molar-refractivity contribution < 1.29 is 80.2 Å². The van der Waals surface area contributed by atoms with Crippen LogP contribution in [-0.2, 0) is 65.4 Å². The fraction of sp³-hybridized carbons (Fsp3) is 0.946. The maximum absolute atomic E-state index is 13.0. The Morgan fingerprint density at radius 1 is 0.269 bits per heavy atom. The molecular formula is C74H144O17P2. The maximum Gasteiger partial charge on any atom is 0.472 e. The summed E-state index contributed by atoms with van der Waals surface area (Å²) in [7, 11) is -9.91. The zero-order valence-corrected chi connectivity index (χ0v) is 62.7. The van der Waals surface area contributed by atoms with Gasteiger partial charge in [-0.25, -0.2) is 9.13 Å². The van der Waals surface area contributed by atoms with Gasteiger partial charge in [0.15, 0.2) is 12.2 Å². The normalized spacial score (nSPS) is 14.2. The molecule has 0 spiro atoms. The second-order valence-corrected chi connectivity index (χ2v) is 31.5. The third kappa shape index (κ3) is 68.4. The van der Waals surface area contributed by atoms with Crippen LogP contribution < -0.4 is 0 Å². The Bertz CT molecular complexity index is 1830. The molecular weight excluding hydrogens is 1220 g/mol. The van der Waals surface area contributed by atoms with Gasteiger partial charge < -0.3 is 33.8 Å². The van der Waals surface area contributed by atoms with Crippen molar-refractivity contribution >= 4 is 39.5 Å². The van der Waals surface area contributed by atoms with E-state index in [1.165, 1.54) is 167 Å². The average molecular weight is 1370 g/mol. The minimum atomic E-state index is -4.95. The first-order valence-corrected chi connectivity index (χ1v) is 41.2. The fourth-order valence-electron chi connectivity index (χ4n) is 11.2. The van der Waals surface area contributed by atoms with Gasteiger partial charge in [0.2, 0.25) is 0 Å². The monoisotopic (exact) mass is 1370 g/mol. The van der Waals surface area contributed by atoms with Crippen LogP contribution in [-0.4, -0.2) is 96.7 Å². The van der Waals surface area contributed by atoms with Crippen LogP contribution in [0.2, 0.25) is 0 Å². The lowest BCUT2D eigenvalue weighted by atomic mass is 10.0. The predicted molar refractivity (Wildman–Crippen MR) is 377 cm³/mol. The number of carbonyl (C=O) groups is 4. The lowest BCUT2D eigenvalue weighted by Crippen LogP contribution is -2.30. The van der Waals surface area contributed by atoms with Crippen LogP contribution in [0.1, 0.15) is 370 Å². The minimum absolute atomic E-state index is 0.105. The summed E-state index contributed by atoms with van der Waals surface area (Å²) in [6.45, 7) is 14.1. The van der Waals surface area contributed by atoms with Gasteiger partial charge in [0.05, 0.1) is 26.4 Å². The number of carbonyl (C=O) groups excluding carboxylic acids is 4. The molecule has 0 saturated heterocycles. The Balaban J connectivity index is 5.24. The van der Waals surface area contributed by atoms with E-state index in [2.05, 4.69) is 55.4 Å². The molecule has 0 fully saturated rings. The summed E-state index contributed by atoms with van der Waals surface area (Å²) in [5.74, 6) is 0.883. The summed E-state index contributed by atoms with van der Waals surface area (Å²) in [6.07, 6.45) is 47.3. The van der Waals surface area contributed by atoms with Crippen LogP contribution in [0.15, 0.2) is 0 Å². The second kappa shape index (κ2) is 63.5. The molecule has 0 aromatic heterocycles. The first kappa shape index (κ1) is 91.1. The molecule has 0 aliphatic heterocycles. The van der Waals surface area contributed by atoms with Gasteiger partial charge in [-0.2, -0.15) is 0 Å². The van der Waals surface area contributed by atoms with Crippen molar-refractivity contribution in [2.45, 2.75) is 388 Å². The summed E-state index contributed by atoms with van der Waals surface area (Å²) in [4.78, 5) is 72.7. The third-order valence-electron chi connectivity index (χ3n) is 17.1. The van der Waals surface area contributed by atoms with Crippen molar-refractivity contribution in [2.75, 3.05) is 39.6 Å². The van der Waals surface area contributed by atoms with Crippen molar-refractivity contribution in [3.8, 4) is 0 Å². The van der Waals surface area contributed by atoms with Crippen LogP contribution in [0.3, 0.4) is 0 Å². The van der Waals surface area contributed by atoms with E-state index in [0.717, 1.165) is 114 Å². The highest BCUT2D eigenvalue weighted by Crippen LogP contribution is 2.45. The molecule has 0 heterocycles. The van der Waals surface area contributed by atoms with Crippen molar-refractivity contribution in [2.24, 2.45) is 23.7 Å². The standard InChI is InChI=1S/C74H144O17P2/c1-64(2)50-42-34-26-19-14-11-9-10-12-16-23-31-40-48-56-73(78)90-70(61-85-72(77)55-47-39-33-25-29-37-45-53-67(7)8)63-89-93(82,83)87-59-68(75)58-86-92(80,81)88-62-69(91-74(79)57-49-41-32-24-18-21-28-36-44-52-66(5)6)60-84-71(76)54-46-38-30-22-17-13-15-20-27-35-43-51-65(3)4/h64-70,75H,9-63H2,1-8H3,(H,80,81)(H,82,83)/t68?,69-,70-/m1/s1. The van der Waals surface area contributed by atoms with E-state index in [4.69, 9.17) is 37.0 Å². The van der Waals surface area contributed by atoms with Crippen LogP contribution >= 0.6 is 15.6 Å². The molecule has 0 bridgehead atoms. The van der Waals surface area contributed by atoms with Crippen molar-refractivity contribution in [3.63, 3.8) is 0 Å². The summed E-state index contributed by atoms with van der Waals surface area (Å²) in [6, 6.07) is 0. The van der Waals surface area contributed by atoms with E-state index in [9.17, 15) is 43.2 Å². The molecule has 17 nitrogen and oxygen atoms in total. The molecule has 552 valence electrons. The maximum atomic E-state index is 13.0. The molecule has 0 aromatic rings. The Morgan fingerprint density at radius 2 is 0.452 bits per heavy atom. The molecule has 0 aliphatic carbocycles. The number of phosphoric acid groups is 2. The minimum Gasteiger partial charge on any atom is -0.462 e. The highest BCUT2D eigenvalue weighted by molar-refractivity contribution is 7.47. The molecule has 0 amide bonds. The van der Waals surface area contributed by atoms with Crippen LogP contribution in [0.25, 0.3) is 0 Å². The van der Waals surface area contributed by atoms with Gasteiger partial charge in [0.25, 0.3) is 0 Å². The fourth-order valence-corrected chi connectivity index (χ4v) is 12.8.